The van der Waals surface area contributed by atoms with Crippen molar-refractivity contribution in [1.82, 2.24) is 0 Å². The van der Waals surface area contributed by atoms with Crippen molar-refractivity contribution in [3.8, 4) is 17.6 Å². The van der Waals surface area contributed by atoms with Crippen molar-refractivity contribution in [2.75, 3.05) is 11.9 Å². The molecule has 0 fully saturated rings. The number of nitrogens with one attached hydrogen (secondary N) is 1. The maximum absolute atomic E-state index is 5.80. The summed E-state index contributed by atoms with van der Waals surface area (Å²) in [5.74, 6) is 7.14. The van der Waals surface area contributed by atoms with Crippen molar-refractivity contribution in [3.05, 3.63) is 60.2 Å². The van der Waals surface area contributed by atoms with Gasteiger partial charge < -0.3 is 10.1 Å². The van der Waals surface area contributed by atoms with Crippen molar-refractivity contribution >= 4 is 5.69 Å². The fraction of sp³-hybridized carbons (Fsp3) is 0.263. The fourth-order valence-corrected chi connectivity index (χ4v) is 1.81. The van der Waals surface area contributed by atoms with Crippen LogP contribution in [0.1, 0.15) is 25.8 Å². The summed E-state index contributed by atoms with van der Waals surface area (Å²) in [4.78, 5) is 0. The summed E-state index contributed by atoms with van der Waals surface area (Å²) in [5.41, 5.74) is 2.06. The van der Waals surface area contributed by atoms with Gasteiger partial charge in [0.05, 0.1) is 12.6 Å². The van der Waals surface area contributed by atoms with Gasteiger partial charge in [-0.2, -0.15) is 0 Å². The lowest BCUT2D eigenvalue weighted by Gasteiger charge is -2.13. The Morgan fingerprint density at radius 3 is 2.67 bits per heavy atom. The van der Waals surface area contributed by atoms with Gasteiger partial charge in [0.2, 0.25) is 0 Å². The number of hydrogen-bond donors (Lipinski definition) is 1. The van der Waals surface area contributed by atoms with Gasteiger partial charge in [-0.25, -0.2) is 0 Å². The summed E-state index contributed by atoms with van der Waals surface area (Å²) in [5, 5.41) is 3.29. The third-order valence-electron chi connectivity index (χ3n) is 3.13. The van der Waals surface area contributed by atoms with E-state index in [4.69, 9.17) is 4.74 Å². The van der Waals surface area contributed by atoms with Gasteiger partial charge >= 0.3 is 0 Å². The molecule has 0 saturated carbocycles. The van der Waals surface area contributed by atoms with Crippen LogP contribution in [0.5, 0.6) is 5.75 Å². The number of benzene rings is 2. The SMILES string of the molecule is CCC(C)Oc1cccc(NCC#Cc2ccccc2)c1. The van der Waals surface area contributed by atoms with Gasteiger partial charge in [0, 0.05) is 17.3 Å². The van der Waals surface area contributed by atoms with Gasteiger partial charge in [0.25, 0.3) is 0 Å². The van der Waals surface area contributed by atoms with E-state index in [0.29, 0.717) is 6.54 Å². The third kappa shape index (κ3) is 5.24. The summed E-state index contributed by atoms with van der Waals surface area (Å²) in [6, 6.07) is 18.0. The van der Waals surface area contributed by atoms with Gasteiger partial charge in [0.1, 0.15) is 5.75 Å². The van der Waals surface area contributed by atoms with Crippen molar-refractivity contribution in [1.29, 1.82) is 0 Å². The minimum absolute atomic E-state index is 0.234. The van der Waals surface area contributed by atoms with Crippen LogP contribution in [0.25, 0.3) is 0 Å². The molecule has 0 radical (unpaired) electrons. The molecule has 2 aromatic rings. The monoisotopic (exact) mass is 279 g/mol. The average molecular weight is 279 g/mol. The van der Waals surface area contributed by atoms with Crippen LogP contribution < -0.4 is 10.1 Å². The molecule has 0 aliphatic carbocycles. The Morgan fingerprint density at radius 1 is 1.10 bits per heavy atom. The Kier molecular flexibility index (Phi) is 5.72. The topological polar surface area (TPSA) is 21.3 Å². The van der Waals surface area contributed by atoms with E-state index in [2.05, 4.69) is 31.0 Å². The minimum Gasteiger partial charge on any atom is -0.491 e. The molecule has 0 aromatic heterocycles. The van der Waals surface area contributed by atoms with Gasteiger partial charge in [-0.1, -0.05) is 43.0 Å². The largest absolute Gasteiger partial charge is 0.491 e. The molecule has 0 spiro atoms. The molecule has 0 aliphatic rings. The molecule has 2 heteroatoms. The molecule has 21 heavy (non-hydrogen) atoms. The standard InChI is InChI=1S/C19H21NO/c1-3-16(2)21-19-13-7-12-18(15-19)20-14-8-11-17-9-5-4-6-10-17/h4-7,9-10,12-13,15-16,20H,3,14H2,1-2H3. The van der Waals surface area contributed by atoms with Crippen molar-refractivity contribution in [3.63, 3.8) is 0 Å². The molecule has 108 valence electrons. The number of rotatable bonds is 5. The van der Waals surface area contributed by atoms with Crippen molar-refractivity contribution in [2.24, 2.45) is 0 Å². The molecule has 1 atom stereocenters. The molecule has 2 nitrogen and oxygen atoms in total. The molecule has 0 heterocycles. The fourth-order valence-electron chi connectivity index (χ4n) is 1.81. The van der Waals surface area contributed by atoms with Crippen molar-refractivity contribution in [2.45, 2.75) is 26.4 Å². The minimum atomic E-state index is 0.234. The second-order valence-electron chi connectivity index (χ2n) is 4.89. The first-order chi connectivity index (χ1) is 10.3. The number of ether oxygens (including phenoxy) is 1. The molecule has 1 N–H and O–H groups in total. The van der Waals surface area contributed by atoms with E-state index in [0.717, 1.165) is 23.4 Å². The summed E-state index contributed by atoms with van der Waals surface area (Å²) in [6.07, 6.45) is 1.23. The molecule has 1 unspecified atom stereocenters. The molecule has 0 bridgehead atoms. The van der Waals surface area contributed by atoms with Gasteiger partial charge in [0.15, 0.2) is 0 Å². The van der Waals surface area contributed by atoms with Gasteiger partial charge in [-0.05, 0) is 37.6 Å². The zero-order valence-corrected chi connectivity index (χ0v) is 12.6. The summed E-state index contributed by atoms with van der Waals surface area (Å²) < 4.78 is 5.80. The van der Waals surface area contributed by atoms with Crippen LogP contribution in [-0.2, 0) is 0 Å². The second kappa shape index (κ2) is 8.01. The highest BCUT2D eigenvalue weighted by Crippen LogP contribution is 2.18. The van der Waals surface area contributed by atoms with Crippen LogP contribution in [-0.4, -0.2) is 12.6 Å². The maximum Gasteiger partial charge on any atom is 0.121 e. The highest BCUT2D eigenvalue weighted by Gasteiger charge is 2.01. The molecular weight excluding hydrogens is 258 g/mol. The molecule has 0 aliphatic heterocycles. The molecule has 2 aromatic carbocycles. The lowest BCUT2D eigenvalue weighted by molar-refractivity contribution is 0.217. The first-order valence-corrected chi connectivity index (χ1v) is 7.32. The van der Waals surface area contributed by atoms with E-state index in [9.17, 15) is 0 Å². The molecule has 0 saturated heterocycles. The molecule has 0 amide bonds. The Labute approximate surface area is 127 Å². The Balaban J connectivity index is 1.89. The first kappa shape index (κ1) is 15.0. The van der Waals surface area contributed by atoms with Crippen LogP contribution >= 0.6 is 0 Å². The Hall–Kier alpha value is -2.40. The summed E-state index contributed by atoms with van der Waals surface area (Å²) >= 11 is 0. The zero-order chi connectivity index (χ0) is 14.9. The molecular formula is C19H21NO. The number of anilines is 1. The first-order valence-electron chi connectivity index (χ1n) is 7.32. The van der Waals surface area contributed by atoms with Crippen LogP contribution in [0, 0.1) is 11.8 Å². The quantitative estimate of drug-likeness (QED) is 0.823. The smallest absolute Gasteiger partial charge is 0.121 e. The van der Waals surface area contributed by atoms with E-state index in [1.165, 1.54) is 0 Å². The predicted molar refractivity (Wildman–Crippen MR) is 88.6 cm³/mol. The van der Waals surface area contributed by atoms with Crippen LogP contribution in [0.3, 0.4) is 0 Å². The van der Waals surface area contributed by atoms with E-state index in [-0.39, 0.29) is 6.10 Å². The van der Waals surface area contributed by atoms with E-state index < -0.39 is 0 Å². The van der Waals surface area contributed by atoms with Crippen molar-refractivity contribution < 1.29 is 4.74 Å². The predicted octanol–water partition coefficient (Wildman–Crippen LogP) is 4.33. The summed E-state index contributed by atoms with van der Waals surface area (Å²) in [7, 11) is 0. The lowest BCUT2D eigenvalue weighted by Crippen LogP contribution is -2.09. The third-order valence-corrected chi connectivity index (χ3v) is 3.13. The number of hydrogen-bond acceptors (Lipinski definition) is 2. The highest BCUT2D eigenvalue weighted by atomic mass is 16.5. The molecule has 2 rings (SSSR count). The highest BCUT2D eigenvalue weighted by molar-refractivity contribution is 5.49. The van der Waals surface area contributed by atoms with Crippen LogP contribution in [0.2, 0.25) is 0 Å². The maximum atomic E-state index is 5.80. The van der Waals surface area contributed by atoms with Gasteiger partial charge in [-0.15, -0.1) is 0 Å². The van der Waals surface area contributed by atoms with E-state index in [1.54, 1.807) is 0 Å². The van der Waals surface area contributed by atoms with Crippen LogP contribution in [0.4, 0.5) is 5.69 Å². The van der Waals surface area contributed by atoms with E-state index in [1.807, 2.05) is 54.6 Å². The average Bonchev–Trinajstić information content (AvgIpc) is 2.53. The van der Waals surface area contributed by atoms with E-state index >= 15 is 0 Å². The van der Waals surface area contributed by atoms with Gasteiger partial charge in [-0.3, -0.25) is 0 Å². The lowest BCUT2D eigenvalue weighted by atomic mass is 10.2. The normalized spacial score (nSPS) is 11.1. The zero-order valence-electron chi connectivity index (χ0n) is 12.6. The Morgan fingerprint density at radius 2 is 1.90 bits per heavy atom. The van der Waals surface area contributed by atoms with Crippen LogP contribution in [0.15, 0.2) is 54.6 Å². The second-order valence-corrected chi connectivity index (χ2v) is 4.89. The summed E-state index contributed by atoms with van der Waals surface area (Å²) in [6.45, 7) is 4.80. The Bertz CT molecular complexity index is 610.